The minimum absolute atomic E-state index is 0.697. The van der Waals surface area contributed by atoms with E-state index < -0.39 is 0 Å². The summed E-state index contributed by atoms with van der Waals surface area (Å²) in [7, 11) is 0. The number of ether oxygens (including phenoxy) is 1. The number of hydrogen-bond donors (Lipinski definition) is 1. The fourth-order valence-electron chi connectivity index (χ4n) is 1.71. The summed E-state index contributed by atoms with van der Waals surface area (Å²) in [6, 6.07) is 14.3. The average molecular weight is 273 g/mol. The molecule has 0 saturated heterocycles. The van der Waals surface area contributed by atoms with E-state index in [1.165, 1.54) is 10.5 Å². The van der Waals surface area contributed by atoms with Gasteiger partial charge in [0.25, 0.3) is 0 Å². The van der Waals surface area contributed by atoms with Gasteiger partial charge in [0.15, 0.2) is 0 Å². The molecule has 0 saturated carbocycles. The van der Waals surface area contributed by atoms with Crippen molar-refractivity contribution >= 4 is 17.4 Å². The summed E-state index contributed by atoms with van der Waals surface area (Å²) >= 11 is 1.73. The van der Waals surface area contributed by atoms with Crippen LogP contribution in [0.5, 0.6) is 5.75 Å². The monoisotopic (exact) mass is 273 g/mol. The van der Waals surface area contributed by atoms with E-state index in [4.69, 9.17) is 10.5 Å². The average Bonchev–Trinajstić information content (AvgIpc) is 2.42. The van der Waals surface area contributed by atoms with Gasteiger partial charge in [-0.05, 0) is 43.2 Å². The predicted octanol–water partition coefficient (Wildman–Crippen LogP) is 4.52. The van der Waals surface area contributed by atoms with Crippen molar-refractivity contribution in [1.29, 1.82) is 0 Å². The molecule has 2 nitrogen and oxygen atoms in total. The highest BCUT2D eigenvalue weighted by atomic mass is 32.2. The summed E-state index contributed by atoms with van der Waals surface area (Å²) in [4.78, 5) is 2.41. The number of nitrogens with two attached hydrogens (primary N) is 1. The lowest BCUT2D eigenvalue weighted by Gasteiger charge is -2.10. The molecule has 19 heavy (non-hydrogen) atoms. The Labute approximate surface area is 119 Å². The lowest BCUT2D eigenvalue weighted by molar-refractivity contribution is 0.318. The summed E-state index contributed by atoms with van der Waals surface area (Å²) in [5, 5.41) is 0. The molecular weight excluding hydrogens is 254 g/mol. The number of aryl methyl sites for hydroxylation is 1. The Balaban J connectivity index is 2.19. The van der Waals surface area contributed by atoms with Crippen LogP contribution < -0.4 is 10.5 Å². The van der Waals surface area contributed by atoms with Crippen LogP contribution in [0.2, 0.25) is 0 Å². The Bertz CT molecular complexity index is 554. The van der Waals surface area contributed by atoms with Crippen molar-refractivity contribution in [2.24, 2.45) is 0 Å². The fourth-order valence-corrected chi connectivity index (χ4v) is 2.64. The van der Waals surface area contributed by atoms with Crippen molar-refractivity contribution in [2.45, 2.75) is 30.1 Å². The maximum atomic E-state index is 5.92. The van der Waals surface area contributed by atoms with Crippen molar-refractivity contribution < 1.29 is 4.74 Å². The molecule has 2 aromatic rings. The fraction of sp³-hybridized carbons (Fsp3) is 0.250. The van der Waals surface area contributed by atoms with E-state index in [1.54, 1.807) is 11.8 Å². The van der Waals surface area contributed by atoms with Gasteiger partial charge in [0.1, 0.15) is 5.75 Å². The standard InChI is InChI=1S/C16H19NOS/c1-3-10-18-15-11-13(8-9-14(15)17)19-16-7-5-4-6-12(16)2/h4-9,11H,3,10,17H2,1-2H3. The molecule has 0 amide bonds. The highest BCUT2D eigenvalue weighted by molar-refractivity contribution is 7.99. The van der Waals surface area contributed by atoms with E-state index in [-0.39, 0.29) is 0 Å². The van der Waals surface area contributed by atoms with Crippen LogP contribution in [-0.4, -0.2) is 6.61 Å². The number of anilines is 1. The van der Waals surface area contributed by atoms with Crippen molar-refractivity contribution in [3.05, 3.63) is 48.0 Å². The quantitative estimate of drug-likeness (QED) is 0.814. The van der Waals surface area contributed by atoms with E-state index in [0.717, 1.165) is 17.1 Å². The SMILES string of the molecule is CCCOc1cc(Sc2ccccc2C)ccc1N. The molecule has 0 heterocycles. The zero-order valence-electron chi connectivity index (χ0n) is 11.3. The lowest BCUT2D eigenvalue weighted by Crippen LogP contribution is -1.99. The molecule has 0 unspecified atom stereocenters. The van der Waals surface area contributed by atoms with Crippen molar-refractivity contribution in [3.63, 3.8) is 0 Å². The number of rotatable bonds is 5. The lowest BCUT2D eigenvalue weighted by atomic mass is 10.2. The van der Waals surface area contributed by atoms with Crippen LogP contribution in [0.3, 0.4) is 0 Å². The van der Waals surface area contributed by atoms with Crippen LogP contribution >= 0.6 is 11.8 Å². The molecule has 0 bridgehead atoms. The summed E-state index contributed by atoms with van der Waals surface area (Å²) in [6.07, 6.45) is 0.981. The predicted molar refractivity (Wildman–Crippen MR) is 81.9 cm³/mol. The first-order valence-electron chi connectivity index (χ1n) is 6.46. The maximum Gasteiger partial charge on any atom is 0.143 e. The third kappa shape index (κ3) is 3.67. The van der Waals surface area contributed by atoms with Gasteiger partial charge >= 0.3 is 0 Å². The number of nitrogen functional groups attached to an aromatic ring is 1. The summed E-state index contributed by atoms with van der Waals surface area (Å²) < 4.78 is 5.66. The van der Waals surface area contributed by atoms with Crippen LogP contribution in [0.1, 0.15) is 18.9 Å². The Morgan fingerprint density at radius 3 is 2.68 bits per heavy atom. The van der Waals surface area contributed by atoms with Crippen LogP contribution in [0.15, 0.2) is 52.3 Å². The molecule has 0 aliphatic heterocycles. The number of benzene rings is 2. The first-order chi connectivity index (χ1) is 9.20. The number of hydrogen-bond acceptors (Lipinski definition) is 3. The smallest absolute Gasteiger partial charge is 0.143 e. The molecule has 0 fully saturated rings. The van der Waals surface area contributed by atoms with Gasteiger partial charge in [-0.2, -0.15) is 0 Å². The molecule has 0 aromatic heterocycles. The van der Waals surface area contributed by atoms with E-state index in [0.29, 0.717) is 12.3 Å². The highest BCUT2D eigenvalue weighted by Crippen LogP contribution is 2.34. The Hall–Kier alpha value is -1.61. The Kier molecular flexibility index (Phi) is 4.74. The van der Waals surface area contributed by atoms with Crippen molar-refractivity contribution in [1.82, 2.24) is 0 Å². The normalized spacial score (nSPS) is 10.4. The second-order valence-electron chi connectivity index (χ2n) is 4.42. The van der Waals surface area contributed by atoms with Crippen LogP contribution in [0, 0.1) is 6.92 Å². The molecule has 3 heteroatoms. The van der Waals surface area contributed by atoms with E-state index >= 15 is 0 Å². The van der Waals surface area contributed by atoms with E-state index in [2.05, 4.69) is 38.1 Å². The summed E-state index contributed by atoms with van der Waals surface area (Å²) in [5.74, 6) is 0.778. The first kappa shape index (κ1) is 13.8. The molecule has 2 N–H and O–H groups in total. The minimum Gasteiger partial charge on any atom is -0.491 e. The van der Waals surface area contributed by atoms with Crippen molar-refractivity contribution in [2.75, 3.05) is 12.3 Å². The van der Waals surface area contributed by atoms with Gasteiger partial charge in [-0.1, -0.05) is 36.9 Å². The van der Waals surface area contributed by atoms with Gasteiger partial charge in [0.2, 0.25) is 0 Å². The molecule has 0 radical (unpaired) electrons. The van der Waals surface area contributed by atoms with Gasteiger partial charge in [0.05, 0.1) is 12.3 Å². The molecule has 100 valence electrons. The van der Waals surface area contributed by atoms with Gasteiger partial charge in [0, 0.05) is 9.79 Å². The molecular formula is C16H19NOS. The van der Waals surface area contributed by atoms with Gasteiger partial charge in [-0.3, -0.25) is 0 Å². The van der Waals surface area contributed by atoms with Crippen molar-refractivity contribution in [3.8, 4) is 5.75 Å². The van der Waals surface area contributed by atoms with Gasteiger partial charge < -0.3 is 10.5 Å². The van der Waals surface area contributed by atoms with Crippen LogP contribution in [-0.2, 0) is 0 Å². The molecule has 0 spiro atoms. The third-order valence-electron chi connectivity index (χ3n) is 2.77. The summed E-state index contributed by atoms with van der Waals surface area (Å²) in [6.45, 7) is 4.90. The maximum absolute atomic E-state index is 5.92. The topological polar surface area (TPSA) is 35.2 Å². The Morgan fingerprint density at radius 2 is 1.95 bits per heavy atom. The second-order valence-corrected chi connectivity index (χ2v) is 5.53. The summed E-state index contributed by atoms with van der Waals surface area (Å²) in [5.41, 5.74) is 7.89. The minimum atomic E-state index is 0.697. The van der Waals surface area contributed by atoms with Crippen LogP contribution in [0.25, 0.3) is 0 Å². The Morgan fingerprint density at radius 1 is 1.16 bits per heavy atom. The third-order valence-corrected chi connectivity index (χ3v) is 3.94. The first-order valence-corrected chi connectivity index (χ1v) is 7.28. The molecule has 0 aliphatic rings. The zero-order chi connectivity index (χ0) is 13.7. The van der Waals surface area contributed by atoms with E-state index in [9.17, 15) is 0 Å². The molecule has 2 aromatic carbocycles. The second kappa shape index (κ2) is 6.53. The van der Waals surface area contributed by atoms with Crippen LogP contribution in [0.4, 0.5) is 5.69 Å². The van der Waals surface area contributed by atoms with Gasteiger partial charge in [-0.25, -0.2) is 0 Å². The van der Waals surface area contributed by atoms with Gasteiger partial charge in [-0.15, -0.1) is 0 Å². The molecule has 2 rings (SSSR count). The molecule has 0 atom stereocenters. The van der Waals surface area contributed by atoms with E-state index in [1.807, 2.05) is 18.2 Å². The highest BCUT2D eigenvalue weighted by Gasteiger charge is 2.05. The zero-order valence-corrected chi connectivity index (χ0v) is 12.2. The molecule has 0 aliphatic carbocycles. The largest absolute Gasteiger partial charge is 0.491 e.